The van der Waals surface area contributed by atoms with Gasteiger partial charge in [-0.05, 0) is 23.6 Å². The summed E-state index contributed by atoms with van der Waals surface area (Å²) in [5.41, 5.74) is 1.64. The first-order chi connectivity index (χ1) is 12.2. The van der Waals surface area contributed by atoms with Gasteiger partial charge in [-0.25, -0.2) is 0 Å². The van der Waals surface area contributed by atoms with E-state index < -0.39 is 5.41 Å². The Morgan fingerprint density at radius 2 is 1.84 bits per heavy atom. The van der Waals surface area contributed by atoms with E-state index in [2.05, 4.69) is 46.3 Å². The fourth-order valence-corrected chi connectivity index (χ4v) is 5.29. The predicted molar refractivity (Wildman–Crippen MR) is 104 cm³/mol. The van der Waals surface area contributed by atoms with Crippen molar-refractivity contribution in [3.8, 4) is 0 Å². The molecule has 0 spiro atoms. The Morgan fingerprint density at radius 1 is 1.12 bits per heavy atom. The van der Waals surface area contributed by atoms with Crippen LogP contribution in [0.15, 0.2) is 71.2 Å². The van der Waals surface area contributed by atoms with Gasteiger partial charge in [0.2, 0.25) is 0 Å². The maximum absolute atomic E-state index is 10.5. The third kappa shape index (κ3) is 2.78. The average Bonchev–Trinajstić information content (AvgIpc) is 3.00. The number of hydrogen-bond acceptors (Lipinski definition) is 2. The van der Waals surface area contributed by atoms with E-state index in [1.807, 2.05) is 36.4 Å². The van der Waals surface area contributed by atoms with Crippen molar-refractivity contribution in [3.05, 3.63) is 82.3 Å². The Morgan fingerprint density at radius 3 is 2.56 bits per heavy atom. The summed E-state index contributed by atoms with van der Waals surface area (Å²) in [5.74, 6) is 0.0173. The second kappa shape index (κ2) is 6.88. The van der Waals surface area contributed by atoms with Gasteiger partial charge in [0, 0.05) is 21.2 Å². The van der Waals surface area contributed by atoms with Gasteiger partial charge < -0.3 is 9.84 Å². The van der Waals surface area contributed by atoms with E-state index >= 15 is 0 Å². The fraction of sp³-hybridized carbons (Fsp3) is 0.333. The molecule has 1 fully saturated rings. The number of aliphatic hydroxyl groups excluding tert-OH is 1. The lowest BCUT2D eigenvalue weighted by Gasteiger charge is -2.40. The number of rotatable bonds is 3. The smallest absolute Gasteiger partial charge is 0.0961 e. The maximum atomic E-state index is 10.5. The van der Waals surface area contributed by atoms with E-state index in [0.29, 0.717) is 0 Å². The van der Waals surface area contributed by atoms with Gasteiger partial charge in [-0.2, -0.15) is 0 Å². The summed E-state index contributed by atoms with van der Waals surface area (Å²) in [6, 6.07) is 18.3. The lowest BCUT2D eigenvalue weighted by Crippen LogP contribution is -2.41. The van der Waals surface area contributed by atoms with E-state index in [0.717, 1.165) is 22.0 Å². The summed E-state index contributed by atoms with van der Waals surface area (Å²) in [4.78, 5) is 0. The number of allylic oxidation sites excluding steroid dienone is 1. The summed E-state index contributed by atoms with van der Waals surface area (Å²) in [6.45, 7) is 0.00667. The molecule has 2 nitrogen and oxygen atoms in total. The molecule has 130 valence electrons. The van der Waals surface area contributed by atoms with Gasteiger partial charge in [0.05, 0.1) is 18.8 Å². The molecule has 4 heteroatoms. The minimum Gasteiger partial charge on any atom is -0.395 e. The highest BCUT2D eigenvalue weighted by atomic mass is 79.9. The quantitative estimate of drug-likeness (QED) is 0.531. The highest BCUT2D eigenvalue weighted by molar-refractivity contribution is 9.10. The van der Waals surface area contributed by atoms with Crippen LogP contribution in [0.4, 0.5) is 0 Å². The third-order valence-electron chi connectivity index (χ3n) is 5.49. The summed E-state index contributed by atoms with van der Waals surface area (Å²) >= 11 is 10.4. The standard InChI is InChI=1S/C21H20BrClO2/c22-16-10-5-4-9-15(16)20-21(13-24)12-6-11-17(23)18(21)19(25-20)14-7-2-1-3-8-14/h1-10,12,17-20,24H,11,13H2/t17-,18-,19+,20-,21+/m1/s1. The first-order valence-electron chi connectivity index (χ1n) is 8.55. The van der Waals surface area contributed by atoms with Crippen molar-refractivity contribution in [3.63, 3.8) is 0 Å². The molecule has 0 aromatic heterocycles. The van der Waals surface area contributed by atoms with Crippen LogP contribution in [0.3, 0.4) is 0 Å². The first-order valence-corrected chi connectivity index (χ1v) is 9.78. The van der Waals surface area contributed by atoms with E-state index in [-0.39, 0.29) is 30.1 Å². The first kappa shape index (κ1) is 17.3. The van der Waals surface area contributed by atoms with Crippen molar-refractivity contribution in [1.29, 1.82) is 0 Å². The molecule has 1 aliphatic heterocycles. The highest BCUT2D eigenvalue weighted by Gasteiger charge is 2.59. The van der Waals surface area contributed by atoms with Crippen LogP contribution in [0, 0.1) is 11.3 Å². The topological polar surface area (TPSA) is 29.5 Å². The number of alkyl halides is 1. The second-order valence-electron chi connectivity index (χ2n) is 6.82. The normalized spacial score (nSPS) is 34.0. The van der Waals surface area contributed by atoms with E-state index in [4.69, 9.17) is 16.3 Å². The molecule has 0 radical (unpaired) electrons. The minimum absolute atomic E-state index is 0.00667. The van der Waals surface area contributed by atoms with Crippen LogP contribution >= 0.6 is 27.5 Å². The van der Waals surface area contributed by atoms with Crippen LogP contribution in [0.5, 0.6) is 0 Å². The van der Waals surface area contributed by atoms with Gasteiger partial charge in [0.15, 0.2) is 0 Å². The minimum atomic E-state index is -0.519. The molecule has 1 heterocycles. The molecule has 25 heavy (non-hydrogen) atoms. The van der Waals surface area contributed by atoms with Gasteiger partial charge in [-0.15, -0.1) is 11.6 Å². The molecule has 1 N–H and O–H groups in total. The summed E-state index contributed by atoms with van der Waals surface area (Å²) < 4.78 is 7.59. The van der Waals surface area contributed by atoms with Gasteiger partial charge in [-0.1, -0.05) is 76.6 Å². The summed E-state index contributed by atoms with van der Waals surface area (Å²) in [5, 5.41) is 10.4. The molecular formula is C21H20BrClO2. The average molecular weight is 420 g/mol. The van der Waals surface area contributed by atoms with Crippen LogP contribution in [0.2, 0.25) is 0 Å². The van der Waals surface area contributed by atoms with Crippen LogP contribution in [0.25, 0.3) is 0 Å². The van der Waals surface area contributed by atoms with E-state index in [1.165, 1.54) is 0 Å². The molecule has 0 unspecified atom stereocenters. The Hall–Kier alpha value is -1.13. The second-order valence-corrected chi connectivity index (χ2v) is 8.23. The zero-order chi connectivity index (χ0) is 17.4. The predicted octanol–water partition coefficient (Wildman–Crippen LogP) is 5.42. The van der Waals surface area contributed by atoms with Gasteiger partial charge in [0.25, 0.3) is 0 Å². The van der Waals surface area contributed by atoms with Crippen molar-refractivity contribution < 1.29 is 9.84 Å². The van der Waals surface area contributed by atoms with Gasteiger partial charge >= 0.3 is 0 Å². The Labute approximate surface area is 161 Å². The summed E-state index contributed by atoms with van der Waals surface area (Å²) in [7, 11) is 0. The molecule has 5 atom stereocenters. The zero-order valence-corrected chi connectivity index (χ0v) is 16.0. The third-order valence-corrected chi connectivity index (χ3v) is 6.66. The number of halogens is 2. The number of aliphatic hydroxyl groups is 1. The molecule has 2 aromatic carbocycles. The number of hydrogen-bond donors (Lipinski definition) is 1. The molecule has 0 amide bonds. The van der Waals surface area contributed by atoms with Crippen molar-refractivity contribution >= 4 is 27.5 Å². The van der Waals surface area contributed by atoms with Crippen LogP contribution in [0.1, 0.15) is 29.8 Å². The SMILES string of the molecule is OC[C@@]12C=CC[C@@H](Cl)[C@@H]1[C@H](c1ccccc1)O[C@@H]2c1ccccc1Br. The number of benzene rings is 2. The fourth-order valence-electron chi connectivity index (χ4n) is 4.32. The number of ether oxygens (including phenoxy) is 1. The molecule has 1 aliphatic carbocycles. The van der Waals surface area contributed by atoms with Crippen LogP contribution in [-0.4, -0.2) is 17.1 Å². The van der Waals surface area contributed by atoms with Gasteiger partial charge in [0.1, 0.15) is 0 Å². The molecule has 2 aromatic rings. The highest BCUT2D eigenvalue weighted by Crippen LogP contribution is 2.62. The van der Waals surface area contributed by atoms with Crippen molar-refractivity contribution in [2.75, 3.05) is 6.61 Å². The van der Waals surface area contributed by atoms with Crippen molar-refractivity contribution in [1.82, 2.24) is 0 Å². The van der Waals surface area contributed by atoms with E-state index in [1.54, 1.807) is 0 Å². The molecule has 0 bridgehead atoms. The monoisotopic (exact) mass is 418 g/mol. The Kier molecular flexibility index (Phi) is 4.76. The Balaban J connectivity index is 1.86. The zero-order valence-electron chi connectivity index (χ0n) is 13.7. The van der Waals surface area contributed by atoms with Crippen LogP contribution in [-0.2, 0) is 4.74 Å². The maximum Gasteiger partial charge on any atom is 0.0961 e. The molecule has 1 saturated heterocycles. The van der Waals surface area contributed by atoms with E-state index in [9.17, 15) is 5.11 Å². The lowest BCUT2D eigenvalue weighted by atomic mass is 9.65. The molecule has 2 aliphatic rings. The largest absolute Gasteiger partial charge is 0.395 e. The summed E-state index contributed by atoms with van der Waals surface area (Å²) in [6.07, 6.45) is 4.62. The molecule has 0 saturated carbocycles. The van der Waals surface area contributed by atoms with Gasteiger partial charge in [-0.3, -0.25) is 0 Å². The van der Waals surface area contributed by atoms with Crippen molar-refractivity contribution in [2.24, 2.45) is 11.3 Å². The number of fused-ring (bicyclic) bond motifs is 1. The van der Waals surface area contributed by atoms with Crippen molar-refractivity contribution in [2.45, 2.75) is 24.0 Å². The van der Waals surface area contributed by atoms with Crippen LogP contribution < -0.4 is 0 Å². The molecular weight excluding hydrogens is 400 g/mol. The molecule has 4 rings (SSSR count). The lowest BCUT2D eigenvalue weighted by molar-refractivity contribution is 0.00563. The Bertz CT molecular complexity index is 778.